The van der Waals surface area contributed by atoms with Crippen LogP contribution in [0.3, 0.4) is 0 Å². The molecule has 2 rings (SSSR count). The second-order valence-corrected chi connectivity index (χ2v) is 4.56. The van der Waals surface area contributed by atoms with Gasteiger partial charge in [0, 0.05) is 25.4 Å². The predicted octanol–water partition coefficient (Wildman–Crippen LogP) is 2.18. The first-order valence-corrected chi connectivity index (χ1v) is 5.82. The van der Waals surface area contributed by atoms with Crippen LogP contribution in [-0.2, 0) is 13.6 Å². The third-order valence-corrected chi connectivity index (χ3v) is 3.37. The van der Waals surface area contributed by atoms with Crippen molar-refractivity contribution in [2.45, 2.75) is 13.5 Å². The molecule has 0 amide bonds. The third-order valence-electron chi connectivity index (χ3n) is 2.35. The van der Waals surface area contributed by atoms with Gasteiger partial charge in [-0.3, -0.25) is 4.68 Å². The van der Waals surface area contributed by atoms with Crippen LogP contribution in [0.1, 0.15) is 11.1 Å². The highest BCUT2D eigenvalue weighted by molar-refractivity contribution is 7.13. The molecule has 1 N–H and O–H groups in total. The van der Waals surface area contributed by atoms with Gasteiger partial charge in [-0.1, -0.05) is 0 Å². The van der Waals surface area contributed by atoms with Gasteiger partial charge >= 0.3 is 0 Å². The average Bonchev–Trinajstić information content (AvgIpc) is 2.73. The van der Waals surface area contributed by atoms with Crippen LogP contribution in [-0.4, -0.2) is 16.8 Å². The van der Waals surface area contributed by atoms with E-state index in [1.165, 1.54) is 16.0 Å². The number of hydrogen-bond acceptors (Lipinski definition) is 3. The molecule has 2 aromatic heterocycles. The zero-order valence-corrected chi connectivity index (χ0v) is 10.1. The van der Waals surface area contributed by atoms with E-state index < -0.39 is 0 Å². The van der Waals surface area contributed by atoms with Crippen LogP contribution in [0.2, 0.25) is 0 Å². The lowest BCUT2D eigenvalue weighted by Gasteiger charge is -1.99. The first kappa shape index (κ1) is 10.4. The minimum atomic E-state index is 0.862. The first-order valence-electron chi connectivity index (χ1n) is 4.94. The van der Waals surface area contributed by atoms with Gasteiger partial charge in [0.15, 0.2) is 0 Å². The van der Waals surface area contributed by atoms with Crippen molar-refractivity contribution in [3.8, 4) is 10.6 Å². The van der Waals surface area contributed by atoms with Crippen LogP contribution in [0.5, 0.6) is 0 Å². The van der Waals surface area contributed by atoms with Crippen molar-refractivity contribution >= 4 is 11.3 Å². The molecule has 0 fully saturated rings. The SMILES string of the molecule is CNCc1cn(C)nc1-c1sccc1C. The standard InChI is InChI=1S/C11H15N3S/c1-8-4-5-15-11(8)10-9(6-12-2)7-14(3)13-10/h4-5,7,12H,6H2,1-3H3. The largest absolute Gasteiger partial charge is 0.316 e. The minimum absolute atomic E-state index is 0.862. The fourth-order valence-electron chi connectivity index (χ4n) is 1.66. The second kappa shape index (κ2) is 4.16. The molecule has 0 radical (unpaired) electrons. The normalized spacial score (nSPS) is 10.9. The van der Waals surface area contributed by atoms with Crippen molar-refractivity contribution in [3.05, 3.63) is 28.8 Å². The Kier molecular flexibility index (Phi) is 2.88. The average molecular weight is 221 g/mol. The quantitative estimate of drug-likeness (QED) is 0.861. The molecule has 0 aliphatic rings. The molecule has 0 bridgehead atoms. The topological polar surface area (TPSA) is 29.9 Å². The Labute approximate surface area is 93.7 Å². The second-order valence-electron chi connectivity index (χ2n) is 3.64. The lowest BCUT2D eigenvalue weighted by molar-refractivity contribution is 0.766. The minimum Gasteiger partial charge on any atom is -0.316 e. The van der Waals surface area contributed by atoms with Crippen molar-refractivity contribution in [3.63, 3.8) is 0 Å². The maximum absolute atomic E-state index is 4.52. The highest BCUT2D eigenvalue weighted by Crippen LogP contribution is 2.30. The van der Waals surface area contributed by atoms with E-state index in [-0.39, 0.29) is 0 Å². The van der Waals surface area contributed by atoms with Crippen LogP contribution in [0.15, 0.2) is 17.6 Å². The summed E-state index contributed by atoms with van der Waals surface area (Å²) in [6, 6.07) is 2.14. The predicted molar refractivity (Wildman–Crippen MR) is 64.0 cm³/mol. The van der Waals surface area contributed by atoms with E-state index in [0.29, 0.717) is 0 Å². The molecule has 80 valence electrons. The van der Waals surface area contributed by atoms with Crippen molar-refractivity contribution in [2.75, 3.05) is 7.05 Å². The van der Waals surface area contributed by atoms with Gasteiger partial charge in [0.25, 0.3) is 0 Å². The molecule has 0 aliphatic carbocycles. The highest BCUT2D eigenvalue weighted by Gasteiger charge is 2.12. The Balaban J connectivity index is 2.47. The number of hydrogen-bond donors (Lipinski definition) is 1. The van der Waals surface area contributed by atoms with Crippen molar-refractivity contribution in [1.82, 2.24) is 15.1 Å². The number of rotatable bonds is 3. The van der Waals surface area contributed by atoms with E-state index in [4.69, 9.17) is 0 Å². The molecule has 2 aromatic rings. The Hall–Kier alpha value is -1.13. The molecule has 0 aliphatic heterocycles. The lowest BCUT2D eigenvalue weighted by Crippen LogP contribution is -2.05. The highest BCUT2D eigenvalue weighted by atomic mass is 32.1. The number of aromatic nitrogens is 2. The van der Waals surface area contributed by atoms with Crippen LogP contribution >= 0.6 is 11.3 Å². The molecule has 2 heterocycles. The van der Waals surface area contributed by atoms with E-state index in [2.05, 4.69) is 35.0 Å². The molecule has 0 atom stereocenters. The van der Waals surface area contributed by atoms with E-state index in [1.54, 1.807) is 11.3 Å². The van der Waals surface area contributed by atoms with Crippen molar-refractivity contribution in [1.29, 1.82) is 0 Å². The molecule has 15 heavy (non-hydrogen) atoms. The van der Waals surface area contributed by atoms with Crippen LogP contribution in [0.4, 0.5) is 0 Å². The first-order chi connectivity index (χ1) is 7.22. The maximum Gasteiger partial charge on any atom is 0.107 e. The fourth-order valence-corrected chi connectivity index (χ4v) is 2.61. The lowest BCUT2D eigenvalue weighted by atomic mass is 10.1. The monoisotopic (exact) mass is 221 g/mol. The number of thiophene rings is 1. The summed E-state index contributed by atoms with van der Waals surface area (Å²) in [5.41, 5.74) is 3.67. The van der Waals surface area contributed by atoms with Gasteiger partial charge in [-0.15, -0.1) is 11.3 Å². The molecule has 3 nitrogen and oxygen atoms in total. The van der Waals surface area contributed by atoms with E-state index >= 15 is 0 Å². The summed E-state index contributed by atoms with van der Waals surface area (Å²) in [6.07, 6.45) is 2.07. The van der Waals surface area contributed by atoms with Gasteiger partial charge in [0.05, 0.1) is 4.88 Å². The van der Waals surface area contributed by atoms with Crippen LogP contribution in [0, 0.1) is 6.92 Å². The number of aryl methyl sites for hydroxylation is 2. The van der Waals surface area contributed by atoms with Gasteiger partial charge in [-0.05, 0) is 31.0 Å². The summed E-state index contributed by atoms with van der Waals surface area (Å²) in [5.74, 6) is 0. The van der Waals surface area contributed by atoms with Crippen molar-refractivity contribution in [2.24, 2.45) is 7.05 Å². The van der Waals surface area contributed by atoms with E-state index in [9.17, 15) is 0 Å². The zero-order valence-electron chi connectivity index (χ0n) is 9.24. The van der Waals surface area contributed by atoms with Crippen molar-refractivity contribution < 1.29 is 0 Å². The number of nitrogens with one attached hydrogen (secondary N) is 1. The van der Waals surface area contributed by atoms with Gasteiger partial charge in [0.1, 0.15) is 5.69 Å². The smallest absolute Gasteiger partial charge is 0.107 e. The van der Waals surface area contributed by atoms with E-state index in [0.717, 1.165) is 12.2 Å². The summed E-state index contributed by atoms with van der Waals surface area (Å²) in [4.78, 5) is 1.28. The molecule has 0 saturated carbocycles. The number of nitrogens with zero attached hydrogens (tertiary/aromatic N) is 2. The molecule has 4 heteroatoms. The van der Waals surface area contributed by atoms with Crippen LogP contribution in [0.25, 0.3) is 10.6 Å². The molecular formula is C11H15N3S. The molecule has 0 saturated heterocycles. The maximum atomic E-state index is 4.52. The summed E-state index contributed by atoms with van der Waals surface area (Å²) >= 11 is 1.75. The van der Waals surface area contributed by atoms with Gasteiger partial charge in [-0.25, -0.2) is 0 Å². The summed E-state index contributed by atoms with van der Waals surface area (Å²) < 4.78 is 1.88. The summed E-state index contributed by atoms with van der Waals surface area (Å²) in [5, 5.41) is 9.80. The molecule has 0 aromatic carbocycles. The third kappa shape index (κ3) is 1.96. The van der Waals surface area contributed by atoms with Gasteiger partial charge in [-0.2, -0.15) is 5.10 Å². The summed E-state index contributed by atoms with van der Waals surface area (Å²) in [7, 11) is 3.92. The fraction of sp³-hybridized carbons (Fsp3) is 0.364. The van der Waals surface area contributed by atoms with E-state index in [1.807, 2.05) is 18.8 Å². The Bertz CT molecular complexity index is 456. The Morgan fingerprint density at radius 1 is 1.53 bits per heavy atom. The molecular weight excluding hydrogens is 206 g/mol. The Morgan fingerprint density at radius 3 is 2.93 bits per heavy atom. The zero-order chi connectivity index (χ0) is 10.8. The molecule has 0 spiro atoms. The Morgan fingerprint density at radius 2 is 2.33 bits per heavy atom. The summed E-state index contributed by atoms with van der Waals surface area (Å²) in [6.45, 7) is 2.99. The van der Waals surface area contributed by atoms with Crippen LogP contribution < -0.4 is 5.32 Å². The molecule has 0 unspecified atom stereocenters. The van der Waals surface area contributed by atoms with Gasteiger partial charge < -0.3 is 5.32 Å². The van der Waals surface area contributed by atoms with Gasteiger partial charge in [0.2, 0.25) is 0 Å².